The van der Waals surface area contributed by atoms with Crippen LogP contribution in [0, 0.1) is 0 Å². The zero-order valence-electron chi connectivity index (χ0n) is 13.2. The molecule has 3 heterocycles. The Morgan fingerprint density at radius 1 is 1.33 bits per heavy atom. The normalized spacial score (nSPS) is 30.8. The lowest BCUT2D eigenvalue weighted by Crippen LogP contribution is -2.63. The number of rotatable bonds is 2. The summed E-state index contributed by atoms with van der Waals surface area (Å²) in [5, 5.41) is 4.16. The van der Waals surface area contributed by atoms with E-state index in [1.54, 1.807) is 10.9 Å². The van der Waals surface area contributed by atoms with Gasteiger partial charge < -0.3 is 4.90 Å². The molecule has 116 valence electrons. The van der Waals surface area contributed by atoms with E-state index in [0.717, 1.165) is 25.9 Å². The fourth-order valence-electron chi connectivity index (χ4n) is 4.04. The number of likely N-dealkylation sites (tertiary alicyclic amines) is 2. The summed E-state index contributed by atoms with van der Waals surface area (Å²) in [6, 6.07) is 2.22. The Hall–Kier alpha value is -1.36. The Labute approximate surface area is 126 Å². The van der Waals surface area contributed by atoms with Crippen LogP contribution < -0.4 is 0 Å². The van der Waals surface area contributed by atoms with E-state index in [1.807, 2.05) is 12.3 Å². The van der Waals surface area contributed by atoms with Crippen LogP contribution in [0.4, 0.5) is 0 Å². The molecule has 0 saturated carbocycles. The van der Waals surface area contributed by atoms with Gasteiger partial charge in [0.2, 0.25) is 5.91 Å². The second-order valence-electron chi connectivity index (χ2n) is 6.68. The summed E-state index contributed by atoms with van der Waals surface area (Å²) in [5.41, 5.74) is 0.133. The van der Waals surface area contributed by atoms with Gasteiger partial charge in [-0.05, 0) is 52.3 Å². The van der Waals surface area contributed by atoms with Crippen LogP contribution in [0.3, 0.4) is 0 Å². The zero-order chi connectivity index (χ0) is 14.9. The van der Waals surface area contributed by atoms with Gasteiger partial charge >= 0.3 is 0 Å². The zero-order valence-corrected chi connectivity index (χ0v) is 13.2. The summed E-state index contributed by atoms with van der Waals surface area (Å²) in [5.74, 6) is 0.213. The van der Waals surface area contributed by atoms with Crippen LogP contribution in [0.25, 0.3) is 0 Å². The van der Waals surface area contributed by atoms with Gasteiger partial charge in [-0.15, -0.1) is 0 Å². The van der Waals surface area contributed by atoms with E-state index < -0.39 is 0 Å². The first-order valence-corrected chi connectivity index (χ1v) is 8.09. The Morgan fingerprint density at radius 3 is 2.95 bits per heavy atom. The largest absolute Gasteiger partial charge is 0.336 e. The molecule has 0 aliphatic carbocycles. The molecule has 3 rings (SSSR count). The fourth-order valence-corrected chi connectivity index (χ4v) is 4.04. The van der Waals surface area contributed by atoms with Crippen molar-refractivity contribution in [1.82, 2.24) is 19.6 Å². The highest BCUT2D eigenvalue weighted by Crippen LogP contribution is 2.37. The van der Waals surface area contributed by atoms with Crippen molar-refractivity contribution >= 4 is 5.91 Å². The quantitative estimate of drug-likeness (QED) is 0.833. The molecule has 2 aliphatic heterocycles. The van der Waals surface area contributed by atoms with E-state index in [4.69, 9.17) is 0 Å². The minimum atomic E-state index is 0.133. The molecular weight excluding hydrogens is 264 g/mol. The second kappa shape index (κ2) is 5.79. The number of nitrogens with zero attached hydrogens (tertiary/aromatic N) is 4. The highest BCUT2D eigenvalue weighted by Gasteiger charge is 2.45. The van der Waals surface area contributed by atoms with Gasteiger partial charge in [-0.2, -0.15) is 5.10 Å². The van der Waals surface area contributed by atoms with Crippen molar-refractivity contribution in [1.29, 1.82) is 0 Å². The third-order valence-corrected chi connectivity index (χ3v) is 5.45. The molecule has 1 aromatic heterocycles. The number of piperidine rings is 1. The first kappa shape index (κ1) is 14.6. The Bertz CT molecular complexity index is 486. The summed E-state index contributed by atoms with van der Waals surface area (Å²) >= 11 is 0. The molecule has 5 heteroatoms. The van der Waals surface area contributed by atoms with Crippen LogP contribution in [0.15, 0.2) is 18.5 Å². The fraction of sp³-hybridized carbons (Fsp3) is 0.750. The highest BCUT2D eigenvalue weighted by atomic mass is 16.2. The van der Waals surface area contributed by atoms with Gasteiger partial charge in [-0.3, -0.25) is 14.4 Å². The number of aromatic nitrogens is 2. The lowest BCUT2D eigenvalue weighted by molar-refractivity contribution is -0.141. The van der Waals surface area contributed by atoms with Crippen LogP contribution in [-0.2, 0) is 11.3 Å². The van der Waals surface area contributed by atoms with Crippen LogP contribution in [0.1, 0.15) is 39.0 Å². The van der Waals surface area contributed by atoms with Gasteiger partial charge in [-0.25, -0.2) is 0 Å². The molecule has 0 N–H and O–H groups in total. The van der Waals surface area contributed by atoms with Gasteiger partial charge in [0.15, 0.2) is 0 Å². The van der Waals surface area contributed by atoms with E-state index in [9.17, 15) is 4.79 Å². The number of amides is 1. The molecule has 0 unspecified atom stereocenters. The highest BCUT2D eigenvalue weighted by molar-refractivity contribution is 5.76. The topological polar surface area (TPSA) is 41.4 Å². The molecule has 1 amide bonds. The summed E-state index contributed by atoms with van der Waals surface area (Å²) in [4.78, 5) is 17.3. The average molecular weight is 290 g/mol. The monoisotopic (exact) mass is 290 g/mol. The number of hydrogen-bond acceptors (Lipinski definition) is 3. The SMILES string of the molecule is CN1CCCC[C@@H]2N(C(=O)Cn3cccn3)CCC[C@@]21C. The van der Waals surface area contributed by atoms with Crippen LogP contribution >= 0.6 is 0 Å². The van der Waals surface area contributed by atoms with Gasteiger partial charge in [-0.1, -0.05) is 6.42 Å². The summed E-state index contributed by atoms with van der Waals surface area (Å²) in [6.07, 6.45) is 9.47. The predicted molar refractivity (Wildman–Crippen MR) is 81.8 cm³/mol. The van der Waals surface area contributed by atoms with Crippen molar-refractivity contribution in [2.75, 3.05) is 20.1 Å². The molecular formula is C16H26N4O. The van der Waals surface area contributed by atoms with Crippen LogP contribution in [-0.4, -0.2) is 57.2 Å². The molecule has 0 spiro atoms. The molecule has 21 heavy (non-hydrogen) atoms. The second-order valence-corrected chi connectivity index (χ2v) is 6.68. The molecule has 0 aromatic carbocycles. The van der Waals surface area contributed by atoms with E-state index in [-0.39, 0.29) is 11.4 Å². The molecule has 2 saturated heterocycles. The first-order chi connectivity index (χ1) is 10.1. The number of carbonyl (C=O) groups excluding carboxylic acids is 1. The van der Waals surface area contributed by atoms with Gasteiger partial charge in [0.1, 0.15) is 6.54 Å². The Balaban J connectivity index is 1.79. The third kappa shape index (κ3) is 2.71. The summed E-state index contributed by atoms with van der Waals surface area (Å²) in [6.45, 7) is 4.75. The maximum atomic E-state index is 12.7. The third-order valence-electron chi connectivity index (χ3n) is 5.45. The van der Waals surface area contributed by atoms with Crippen LogP contribution in [0.5, 0.6) is 0 Å². The van der Waals surface area contributed by atoms with Crippen LogP contribution in [0.2, 0.25) is 0 Å². The van der Waals surface area contributed by atoms with Gasteiger partial charge in [0, 0.05) is 30.5 Å². The number of hydrogen-bond donors (Lipinski definition) is 0. The van der Waals surface area contributed by atoms with E-state index in [2.05, 4.69) is 28.9 Å². The predicted octanol–water partition coefficient (Wildman–Crippen LogP) is 1.75. The first-order valence-electron chi connectivity index (χ1n) is 8.09. The Kier molecular flexibility index (Phi) is 4.02. The lowest BCUT2D eigenvalue weighted by atomic mass is 9.80. The maximum Gasteiger partial charge on any atom is 0.244 e. The summed E-state index contributed by atoms with van der Waals surface area (Å²) in [7, 11) is 2.22. The minimum absolute atomic E-state index is 0.133. The van der Waals surface area contributed by atoms with E-state index in [0.29, 0.717) is 12.6 Å². The van der Waals surface area contributed by atoms with E-state index in [1.165, 1.54) is 19.3 Å². The lowest BCUT2D eigenvalue weighted by Gasteiger charge is -2.51. The number of fused-ring (bicyclic) bond motifs is 1. The van der Waals surface area contributed by atoms with Crippen molar-refractivity contribution in [2.45, 2.75) is 57.2 Å². The van der Waals surface area contributed by atoms with Crippen molar-refractivity contribution in [3.63, 3.8) is 0 Å². The molecule has 0 bridgehead atoms. The Morgan fingerprint density at radius 2 is 2.19 bits per heavy atom. The number of likely N-dealkylation sites (N-methyl/N-ethyl adjacent to an activating group) is 1. The molecule has 5 nitrogen and oxygen atoms in total. The molecule has 2 atom stereocenters. The van der Waals surface area contributed by atoms with Crippen molar-refractivity contribution < 1.29 is 4.79 Å². The molecule has 2 aliphatic rings. The van der Waals surface area contributed by atoms with E-state index >= 15 is 0 Å². The standard InChI is InChI=1S/C16H26N4O/c1-16-8-5-12-20(14(16)7-3-4-10-18(16)2)15(21)13-19-11-6-9-17-19/h6,9,11,14H,3-5,7-8,10,12-13H2,1-2H3/t14-,16-/m0/s1. The smallest absolute Gasteiger partial charge is 0.244 e. The van der Waals surface area contributed by atoms with Gasteiger partial charge in [0.25, 0.3) is 0 Å². The van der Waals surface area contributed by atoms with Gasteiger partial charge in [0.05, 0.1) is 0 Å². The molecule has 2 fully saturated rings. The van der Waals surface area contributed by atoms with Crippen molar-refractivity contribution in [2.24, 2.45) is 0 Å². The summed E-state index contributed by atoms with van der Waals surface area (Å²) < 4.78 is 1.73. The molecule has 0 radical (unpaired) electrons. The minimum Gasteiger partial charge on any atom is -0.336 e. The molecule has 1 aromatic rings. The maximum absolute atomic E-state index is 12.7. The number of carbonyl (C=O) groups is 1. The average Bonchev–Trinajstić information content (AvgIpc) is 2.91. The van der Waals surface area contributed by atoms with Crippen molar-refractivity contribution in [3.8, 4) is 0 Å². The van der Waals surface area contributed by atoms with Crippen molar-refractivity contribution in [3.05, 3.63) is 18.5 Å².